The molecular formula is C15H22ClNO2. The molecular weight excluding hydrogens is 262 g/mol. The Kier molecular flexibility index (Phi) is 6.32. The average molecular weight is 284 g/mol. The van der Waals surface area contributed by atoms with Gasteiger partial charge in [0.15, 0.2) is 0 Å². The number of halogens is 1. The van der Waals surface area contributed by atoms with Crippen molar-refractivity contribution in [1.82, 2.24) is 4.90 Å². The maximum absolute atomic E-state index is 10.6. The lowest BCUT2D eigenvalue weighted by Crippen LogP contribution is -2.28. The van der Waals surface area contributed by atoms with Gasteiger partial charge in [0.2, 0.25) is 0 Å². The molecule has 0 aliphatic heterocycles. The van der Waals surface area contributed by atoms with Crippen LogP contribution in [0.2, 0.25) is 0 Å². The third-order valence-electron chi connectivity index (χ3n) is 3.36. The zero-order valence-corrected chi connectivity index (χ0v) is 12.5. The van der Waals surface area contributed by atoms with Crippen LogP contribution in [0.15, 0.2) is 24.3 Å². The summed E-state index contributed by atoms with van der Waals surface area (Å²) < 4.78 is 0. The topological polar surface area (TPSA) is 40.5 Å². The minimum atomic E-state index is -0.835. The number of carbonyl (C=O) groups is 1. The molecule has 0 amide bonds. The van der Waals surface area contributed by atoms with E-state index in [1.54, 1.807) is 11.9 Å². The molecule has 4 heteroatoms. The number of hydrogen-bond acceptors (Lipinski definition) is 2. The van der Waals surface area contributed by atoms with Crippen LogP contribution in [0.4, 0.5) is 0 Å². The summed E-state index contributed by atoms with van der Waals surface area (Å²) >= 11 is 6.32. The van der Waals surface area contributed by atoms with E-state index in [0.29, 0.717) is 12.5 Å². The van der Waals surface area contributed by atoms with Gasteiger partial charge in [0.1, 0.15) is 0 Å². The first-order valence-electron chi connectivity index (χ1n) is 6.58. The van der Waals surface area contributed by atoms with E-state index in [0.717, 1.165) is 12.0 Å². The summed E-state index contributed by atoms with van der Waals surface area (Å²) in [7, 11) is 1.76. The molecule has 0 bridgehead atoms. The molecule has 1 aromatic carbocycles. The normalized spacial score (nSPS) is 14.4. The van der Waals surface area contributed by atoms with Crippen molar-refractivity contribution in [2.75, 3.05) is 20.1 Å². The molecule has 0 heterocycles. The van der Waals surface area contributed by atoms with Gasteiger partial charge in [-0.2, -0.15) is 0 Å². The number of benzene rings is 1. The largest absolute Gasteiger partial charge is 0.480 e. The Labute approximate surface area is 120 Å². The van der Waals surface area contributed by atoms with Gasteiger partial charge in [0.25, 0.3) is 0 Å². The fourth-order valence-corrected chi connectivity index (χ4v) is 2.32. The van der Waals surface area contributed by atoms with E-state index in [1.807, 2.05) is 12.1 Å². The Hall–Kier alpha value is -1.06. The van der Waals surface area contributed by atoms with E-state index in [4.69, 9.17) is 16.7 Å². The summed E-state index contributed by atoms with van der Waals surface area (Å²) in [6, 6.07) is 8.29. The van der Waals surface area contributed by atoms with Crippen molar-refractivity contribution < 1.29 is 9.90 Å². The van der Waals surface area contributed by atoms with Crippen molar-refractivity contribution in [1.29, 1.82) is 0 Å². The third kappa shape index (κ3) is 5.21. The van der Waals surface area contributed by atoms with Gasteiger partial charge in [-0.1, -0.05) is 38.1 Å². The Balaban J connectivity index is 2.62. The zero-order valence-electron chi connectivity index (χ0n) is 11.8. The molecule has 0 saturated heterocycles. The number of carboxylic acids is 1. The minimum Gasteiger partial charge on any atom is -0.480 e. The molecule has 3 nitrogen and oxygen atoms in total. The van der Waals surface area contributed by atoms with Gasteiger partial charge in [0, 0.05) is 6.54 Å². The minimum absolute atomic E-state index is 0.00811. The van der Waals surface area contributed by atoms with E-state index >= 15 is 0 Å². The summed E-state index contributed by atoms with van der Waals surface area (Å²) in [6.45, 7) is 4.91. The molecule has 0 aromatic heterocycles. The number of hydrogen-bond donors (Lipinski definition) is 1. The molecule has 1 aromatic rings. The smallest absolute Gasteiger partial charge is 0.317 e. The maximum Gasteiger partial charge on any atom is 0.317 e. The van der Waals surface area contributed by atoms with Crippen LogP contribution in [0.3, 0.4) is 0 Å². The zero-order chi connectivity index (χ0) is 14.4. The van der Waals surface area contributed by atoms with Gasteiger partial charge in [-0.15, -0.1) is 11.6 Å². The van der Waals surface area contributed by atoms with Crippen LogP contribution >= 0.6 is 11.6 Å². The number of carboxylic acid groups (broad SMARTS) is 1. The predicted octanol–water partition coefficient (Wildman–Crippen LogP) is 3.50. The van der Waals surface area contributed by atoms with E-state index in [-0.39, 0.29) is 11.9 Å². The van der Waals surface area contributed by atoms with Gasteiger partial charge in [0.05, 0.1) is 11.9 Å². The molecule has 0 spiro atoms. The fraction of sp³-hybridized carbons (Fsp3) is 0.533. The highest BCUT2D eigenvalue weighted by Crippen LogP contribution is 2.25. The lowest BCUT2D eigenvalue weighted by molar-refractivity contribution is -0.137. The van der Waals surface area contributed by atoms with Crippen LogP contribution in [0.1, 0.15) is 42.7 Å². The van der Waals surface area contributed by atoms with Crippen LogP contribution in [-0.2, 0) is 4.79 Å². The van der Waals surface area contributed by atoms with Crippen molar-refractivity contribution in [3.8, 4) is 0 Å². The second kappa shape index (κ2) is 7.51. The highest BCUT2D eigenvalue weighted by atomic mass is 35.5. The summed E-state index contributed by atoms with van der Waals surface area (Å²) in [5.74, 6) is -0.281. The summed E-state index contributed by atoms with van der Waals surface area (Å²) in [4.78, 5) is 12.3. The molecule has 19 heavy (non-hydrogen) atoms. The van der Waals surface area contributed by atoms with E-state index in [1.165, 1.54) is 5.56 Å². The van der Waals surface area contributed by atoms with Gasteiger partial charge < -0.3 is 5.11 Å². The van der Waals surface area contributed by atoms with Crippen molar-refractivity contribution in [3.05, 3.63) is 35.4 Å². The van der Waals surface area contributed by atoms with Crippen molar-refractivity contribution >= 4 is 17.6 Å². The van der Waals surface area contributed by atoms with E-state index in [2.05, 4.69) is 26.0 Å². The molecule has 2 unspecified atom stereocenters. The maximum atomic E-state index is 10.6. The Morgan fingerprint density at radius 2 is 1.84 bits per heavy atom. The standard InChI is InChI=1S/C15H22ClNO2/c1-4-11(2)12-5-7-13(8-6-12)14(16)9-17(3)10-15(18)19/h5-8,11,14H,4,9-10H2,1-3H3,(H,18,19). The molecule has 0 radical (unpaired) electrons. The SMILES string of the molecule is CCC(C)c1ccc(C(Cl)CN(C)CC(=O)O)cc1. The Morgan fingerprint density at radius 1 is 1.32 bits per heavy atom. The first-order valence-corrected chi connectivity index (χ1v) is 7.02. The monoisotopic (exact) mass is 283 g/mol. The third-order valence-corrected chi connectivity index (χ3v) is 3.75. The Bertz CT molecular complexity index is 405. The van der Waals surface area contributed by atoms with Crippen molar-refractivity contribution in [3.63, 3.8) is 0 Å². The van der Waals surface area contributed by atoms with Gasteiger partial charge in [-0.25, -0.2) is 0 Å². The molecule has 1 N–H and O–H groups in total. The Morgan fingerprint density at radius 3 is 2.32 bits per heavy atom. The van der Waals surface area contributed by atoms with Crippen LogP contribution in [-0.4, -0.2) is 36.1 Å². The lowest BCUT2D eigenvalue weighted by atomic mass is 9.97. The summed E-state index contributed by atoms with van der Waals surface area (Å²) in [6.07, 6.45) is 1.12. The molecule has 0 fully saturated rings. The molecule has 1 rings (SSSR count). The molecule has 0 saturated carbocycles. The van der Waals surface area contributed by atoms with E-state index in [9.17, 15) is 4.79 Å². The van der Waals surface area contributed by atoms with Gasteiger partial charge >= 0.3 is 5.97 Å². The van der Waals surface area contributed by atoms with E-state index < -0.39 is 5.97 Å². The van der Waals surface area contributed by atoms with Crippen LogP contribution < -0.4 is 0 Å². The first-order chi connectivity index (χ1) is 8.93. The van der Waals surface area contributed by atoms with Gasteiger partial charge in [-0.3, -0.25) is 9.69 Å². The second-order valence-corrected chi connectivity index (χ2v) is 5.56. The van der Waals surface area contributed by atoms with Crippen LogP contribution in [0.25, 0.3) is 0 Å². The molecule has 0 aliphatic carbocycles. The van der Waals surface area contributed by atoms with Gasteiger partial charge in [-0.05, 0) is 30.5 Å². The summed E-state index contributed by atoms with van der Waals surface area (Å²) in [5, 5.41) is 8.52. The lowest BCUT2D eigenvalue weighted by Gasteiger charge is -2.19. The number of likely N-dealkylation sites (N-methyl/N-ethyl adjacent to an activating group) is 1. The first kappa shape index (κ1) is 16.0. The molecule has 0 aliphatic rings. The highest BCUT2D eigenvalue weighted by molar-refractivity contribution is 6.21. The second-order valence-electron chi connectivity index (χ2n) is 5.03. The predicted molar refractivity (Wildman–Crippen MR) is 78.9 cm³/mol. The van der Waals surface area contributed by atoms with Crippen LogP contribution in [0, 0.1) is 0 Å². The number of aliphatic carboxylic acids is 1. The number of nitrogens with zero attached hydrogens (tertiary/aromatic N) is 1. The average Bonchev–Trinajstić information content (AvgIpc) is 2.36. The van der Waals surface area contributed by atoms with Crippen LogP contribution in [0.5, 0.6) is 0 Å². The van der Waals surface area contributed by atoms with Crippen molar-refractivity contribution in [2.45, 2.75) is 31.6 Å². The number of rotatable bonds is 7. The summed E-state index contributed by atoms with van der Waals surface area (Å²) in [5.41, 5.74) is 2.35. The quantitative estimate of drug-likeness (QED) is 0.779. The molecule has 2 atom stereocenters. The van der Waals surface area contributed by atoms with Crippen molar-refractivity contribution in [2.24, 2.45) is 0 Å². The highest BCUT2D eigenvalue weighted by Gasteiger charge is 2.13. The fourth-order valence-electron chi connectivity index (χ4n) is 1.94. The number of alkyl halides is 1. The molecule has 106 valence electrons.